The zero-order chi connectivity index (χ0) is 17.9. The van der Waals surface area contributed by atoms with Gasteiger partial charge in [0.1, 0.15) is 5.75 Å². The smallest absolute Gasteiger partial charge is 0.260 e. The molecule has 1 aliphatic rings. The molecule has 3 aromatic rings. The van der Waals surface area contributed by atoms with Crippen molar-refractivity contribution < 1.29 is 9.53 Å². The van der Waals surface area contributed by atoms with Crippen LogP contribution in [0.4, 0.5) is 0 Å². The molecule has 2 aromatic carbocycles. The highest BCUT2D eigenvalue weighted by atomic mass is 35.5. The number of H-pyrrole nitrogens is 1. The van der Waals surface area contributed by atoms with Crippen molar-refractivity contribution in [3.05, 3.63) is 71.4 Å². The number of para-hydroxylation sites is 2. The quantitative estimate of drug-likeness (QED) is 0.738. The van der Waals surface area contributed by atoms with Crippen LogP contribution >= 0.6 is 11.6 Å². The fraction of sp³-hybridized carbons (Fsp3) is 0.190. The number of aromatic amines is 1. The first-order chi connectivity index (χ1) is 12.7. The lowest BCUT2D eigenvalue weighted by atomic mass is 9.99. The molecule has 1 aromatic heterocycles. The number of benzene rings is 2. The van der Waals surface area contributed by atoms with Crippen LogP contribution in [0.15, 0.2) is 60.8 Å². The van der Waals surface area contributed by atoms with Gasteiger partial charge in [0.25, 0.3) is 5.91 Å². The standard InChI is InChI=1S/C21H19ClN2O2/c22-19-8-4-7-17-18(13-23-21(17)19)15-9-11-24(12-10-15)20(25)14-26-16-5-2-1-3-6-16/h1-9,13,23H,10-12,14H2. The molecule has 0 aliphatic carbocycles. The van der Waals surface area contributed by atoms with Gasteiger partial charge < -0.3 is 14.6 Å². The molecule has 1 N–H and O–H groups in total. The Balaban J connectivity index is 1.43. The third-order valence-corrected chi connectivity index (χ3v) is 4.99. The predicted octanol–water partition coefficient (Wildman–Crippen LogP) is 4.52. The molecule has 1 amide bonds. The number of carbonyl (C=O) groups excluding carboxylic acids is 1. The largest absolute Gasteiger partial charge is 0.484 e. The monoisotopic (exact) mass is 366 g/mol. The lowest BCUT2D eigenvalue weighted by Gasteiger charge is -2.26. The molecule has 0 fully saturated rings. The van der Waals surface area contributed by atoms with E-state index in [2.05, 4.69) is 17.1 Å². The molecule has 26 heavy (non-hydrogen) atoms. The van der Waals surface area contributed by atoms with Crippen LogP contribution in [0.2, 0.25) is 5.02 Å². The van der Waals surface area contributed by atoms with E-state index in [1.165, 1.54) is 5.57 Å². The van der Waals surface area contributed by atoms with E-state index >= 15 is 0 Å². The molecule has 0 unspecified atom stereocenters. The average molecular weight is 367 g/mol. The second-order valence-corrected chi connectivity index (χ2v) is 6.69. The van der Waals surface area contributed by atoms with Crippen molar-refractivity contribution >= 4 is 34.0 Å². The van der Waals surface area contributed by atoms with Gasteiger partial charge in [0.15, 0.2) is 6.61 Å². The molecule has 2 heterocycles. The number of halogens is 1. The van der Waals surface area contributed by atoms with Gasteiger partial charge in [0.05, 0.1) is 10.5 Å². The molecule has 0 saturated carbocycles. The number of hydrogen-bond acceptors (Lipinski definition) is 2. The highest BCUT2D eigenvalue weighted by molar-refractivity contribution is 6.35. The molecule has 4 nitrogen and oxygen atoms in total. The Kier molecular flexibility index (Phi) is 4.67. The second kappa shape index (κ2) is 7.26. The first-order valence-corrected chi connectivity index (χ1v) is 9.01. The molecule has 0 atom stereocenters. The maximum Gasteiger partial charge on any atom is 0.260 e. The van der Waals surface area contributed by atoms with Gasteiger partial charge in [-0.15, -0.1) is 0 Å². The second-order valence-electron chi connectivity index (χ2n) is 6.29. The number of fused-ring (bicyclic) bond motifs is 1. The molecule has 4 rings (SSSR count). The summed E-state index contributed by atoms with van der Waals surface area (Å²) in [5.41, 5.74) is 3.36. The normalized spacial score (nSPS) is 14.3. The first kappa shape index (κ1) is 16.7. The van der Waals surface area contributed by atoms with E-state index in [1.807, 2.05) is 53.6 Å². The Bertz CT molecular complexity index is 963. The summed E-state index contributed by atoms with van der Waals surface area (Å²) in [7, 11) is 0. The summed E-state index contributed by atoms with van der Waals surface area (Å²) in [5.74, 6) is 0.718. The van der Waals surface area contributed by atoms with Crippen LogP contribution < -0.4 is 4.74 Å². The molecule has 132 valence electrons. The molecular formula is C21H19ClN2O2. The van der Waals surface area contributed by atoms with Crippen molar-refractivity contribution in [1.82, 2.24) is 9.88 Å². The number of nitrogens with zero attached hydrogens (tertiary/aromatic N) is 1. The van der Waals surface area contributed by atoms with E-state index in [0.717, 1.165) is 27.9 Å². The van der Waals surface area contributed by atoms with E-state index in [-0.39, 0.29) is 12.5 Å². The Labute approximate surface area is 157 Å². The lowest BCUT2D eigenvalue weighted by molar-refractivity contribution is -0.132. The zero-order valence-electron chi connectivity index (χ0n) is 14.2. The molecule has 5 heteroatoms. The van der Waals surface area contributed by atoms with Gasteiger partial charge in [-0.3, -0.25) is 4.79 Å². The summed E-state index contributed by atoms with van der Waals surface area (Å²) in [5, 5.41) is 1.84. The molecular weight excluding hydrogens is 348 g/mol. The molecule has 0 saturated heterocycles. The third kappa shape index (κ3) is 3.33. The van der Waals surface area contributed by atoms with Crippen molar-refractivity contribution in [2.45, 2.75) is 6.42 Å². The molecule has 0 radical (unpaired) electrons. The summed E-state index contributed by atoms with van der Waals surface area (Å²) in [4.78, 5) is 17.5. The lowest BCUT2D eigenvalue weighted by Crippen LogP contribution is -2.37. The summed E-state index contributed by atoms with van der Waals surface area (Å²) < 4.78 is 5.56. The summed E-state index contributed by atoms with van der Waals surface area (Å²) in [6, 6.07) is 15.3. The summed E-state index contributed by atoms with van der Waals surface area (Å²) in [6.07, 6.45) is 4.93. The van der Waals surface area contributed by atoms with Crippen molar-refractivity contribution in [2.75, 3.05) is 19.7 Å². The van der Waals surface area contributed by atoms with Crippen molar-refractivity contribution in [1.29, 1.82) is 0 Å². The maximum atomic E-state index is 12.4. The van der Waals surface area contributed by atoms with E-state index in [4.69, 9.17) is 16.3 Å². The number of nitrogens with one attached hydrogen (secondary N) is 1. The maximum absolute atomic E-state index is 12.4. The topological polar surface area (TPSA) is 45.3 Å². The first-order valence-electron chi connectivity index (χ1n) is 8.63. The van der Waals surface area contributed by atoms with Crippen LogP contribution in [0.1, 0.15) is 12.0 Å². The van der Waals surface area contributed by atoms with Crippen molar-refractivity contribution in [2.24, 2.45) is 0 Å². The predicted molar refractivity (Wildman–Crippen MR) is 104 cm³/mol. The highest BCUT2D eigenvalue weighted by Crippen LogP contribution is 2.32. The van der Waals surface area contributed by atoms with Crippen LogP contribution in [-0.2, 0) is 4.79 Å². The minimum Gasteiger partial charge on any atom is -0.484 e. The Hall–Kier alpha value is -2.72. The Morgan fingerprint density at radius 3 is 2.77 bits per heavy atom. The van der Waals surface area contributed by atoms with Gasteiger partial charge in [-0.1, -0.05) is 48.0 Å². The fourth-order valence-electron chi connectivity index (χ4n) is 3.28. The molecule has 0 bridgehead atoms. The van der Waals surface area contributed by atoms with E-state index < -0.39 is 0 Å². The number of amides is 1. The van der Waals surface area contributed by atoms with Crippen LogP contribution in [0.5, 0.6) is 5.75 Å². The van der Waals surface area contributed by atoms with Gasteiger partial charge in [-0.25, -0.2) is 0 Å². The van der Waals surface area contributed by atoms with Crippen LogP contribution in [0.3, 0.4) is 0 Å². The van der Waals surface area contributed by atoms with Gasteiger partial charge in [0, 0.05) is 30.2 Å². The number of ether oxygens (including phenoxy) is 1. The number of hydrogen-bond donors (Lipinski definition) is 1. The summed E-state index contributed by atoms with van der Waals surface area (Å²) in [6.45, 7) is 1.35. The fourth-order valence-corrected chi connectivity index (χ4v) is 3.51. The minimum atomic E-state index is 0.00567. The van der Waals surface area contributed by atoms with Gasteiger partial charge >= 0.3 is 0 Å². The van der Waals surface area contributed by atoms with E-state index in [1.54, 1.807) is 0 Å². The van der Waals surface area contributed by atoms with E-state index in [0.29, 0.717) is 18.8 Å². The van der Waals surface area contributed by atoms with Crippen LogP contribution in [0.25, 0.3) is 16.5 Å². The average Bonchev–Trinajstić information content (AvgIpc) is 3.12. The van der Waals surface area contributed by atoms with Gasteiger partial charge in [-0.05, 0) is 30.2 Å². The minimum absolute atomic E-state index is 0.00567. The Morgan fingerprint density at radius 2 is 2.00 bits per heavy atom. The number of aromatic nitrogens is 1. The van der Waals surface area contributed by atoms with Gasteiger partial charge in [-0.2, -0.15) is 0 Å². The number of carbonyl (C=O) groups is 1. The Morgan fingerprint density at radius 1 is 1.15 bits per heavy atom. The van der Waals surface area contributed by atoms with E-state index in [9.17, 15) is 4.79 Å². The third-order valence-electron chi connectivity index (χ3n) is 4.68. The van der Waals surface area contributed by atoms with Crippen LogP contribution in [0, 0.1) is 0 Å². The van der Waals surface area contributed by atoms with Crippen LogP contribution in [-0.4, -0.2) is 35.5 Å². The molecule has 0 spiro atoms. The SMILES string of the molecule is O=C(COc1ccccc1)N1CC=C(c2c[nH]c3c(Cl)cccc23)CC1. The number of rotatable bonds is 4. The summed E-state index contributed by atoms with van der Waals surface area (Å²) >= 11 is 6.24. The van der Waals surface area contributed by atoms with Crippen molar-refractivity contribution in [3.63, 3.8) is 0 Å². The van der Waals surface area contributed by atoms with Crippen molar-refractivity contribution in [3.8, 4) is 5.75 Å². The zero-order valence-corrected chi connectivity index (χ0v) is 15.0. The van der Waals surface area contributed by atoms with Gasteiger partial charge in [0.2, 0.25) is 0 Å². The highest BCUT2D eigenvalue weighted by Gasteiger charge is 2.20. The molecule has 1 aliphatic heterocycles.